The van der Waals surface area contributed by atoms with Gasteiger partial charge in [-0.25, -0.2) is 0 Å². The molecule has 69 heavy (non-hydrogen) atoms. The Morgan fingerprint density at radius 1 is 0.290 bits per heavy atom. The number of rotatable bonds is 57. The lowest BCUT2D eigenvalue weighted by Crippen LogP contribution is -2.30. The monoisotopic (exact) mass is 971 g/mol. The third-order valence-corrected chi connectivity index (χ3v) is 14.0. The molecule has 1 unspecified atom stereocenters. The van der Waals surface area contributed by atoms with Crippen LogP contribution in [0.2, 0.25) is 0 Å². The Balaban J connectivity index is 4.32. The van der Waals surface area contributed by atoms with Crippen LogP contribution in [0.3, 0.4) is 0 Å². The molecule has 0 heterocycles. The number of hydrogen-bond acceptors (Lipinski definition) is 6. The molecular formula is C63H118O6. The minimum absolute atomic E-state index is 0.0822. The quantitative estimate of drug-likeness (QED) is 0.0261. The Kier molecular flexibility index (Phi) is 56.7. The van der Waals surface area contributed by atoms with Crippen molar-refractivity contribution in [3.8, 4) is 0 Å². The first kappa shape index (κ1) is 66.9. The molecule has 0 rings (SSSR count). The van der Waals surface area contributed by atoms with Crippen LogP contribution in [-0.4, -0.2) is 37.2 Å². The zero-order chi connectivity index (χ0) is 50.0. The number of carbonyl (C=O) groups excluding carboxylic acids is 3. The molecule has 0 aliphatic heterocycles. The van der Waals surface area contributed by atoms with Crippen molar-refractivity contribution in [2.24, 2.45) is 0 Å². The lowest BCUT2D eigenvalue weighted by molar-refractivity contribution is -0.166. The Morgan fingerprint density at radius 2 is 0.551 bits per heavy atom. The Hall–Kier alpha value is -2.11. The molecule has 6 nitrogen and oxygen atoms in total. The molecule has 406 valence electrons. The highest BCUT2D eigenvalue weighted by atomic mass is 16.6. The summed E-state index contributed by atoms with van der Waals surface area (Å²) in [6.07, 6.45) is 69.1. The summed E-state index contributed by atoms with van der Waals surface area (Å²) in [6, 6.07) is 0. The highest BCUT2D eigenvalue weighted by Crippen LogP contribution is 2.18. The second kappa shape index (κ2) is 58.5. The molecule has 0 radical (unpaired) electrons. The predicted molar refractivity (Wildman–Crippen MR) is 298 cm³/mol. The van der Waals surface area contributed by atoms with Crippen LogP contribution in [0.1, 0.15) is 342 Å². The van der Waals surface area contributed by atoms with E-state index in [1.165, 1.54) is 244 Å². The largest absolute Gasteiger partial charge is 0.462 e. The van der Waals surface area contributed by atoms with E-state index >= 15 is 0 Å². The molecule has 0 aliphatic carbocycles. The van der Waals surface area contributed by atoms with Crippen molar-refractivity contribution in [3.05, 3.63) is 24.3 Å². The van der Waals surface area contributed by atoms with E-state index in [1.807, 2.05) is 6.08 Å². The van der Waals surface area contributed by atoms with Gasteiger partial charge in [0.15, 0.2) is 6.10 Å². The number of ether oxygens (including phenoxy) is 3. The highest BCUT2D eigenvalue weighted by molar-refractivity contribution is 5.71. The van der Waals surface area contributed by atoms with Crippen molar-refractivity contribution in [1.82, 2.24) is 0 Å². The molecule has 0 saturated heterocycles. The smallest absolute Gasteiger partial charge is 0.306 e. The van der Waals surface area contributed by atoms with E-state index in [1.54, 1.807) is 0 Å². The fraction of sp³-hybridized carbons (Fsp3) is 0.889. The Bertz CT molecular complexity index is 1110. The van der Waals surface area contributed by atoms with Gasteiger partial charge in [0.25, 0.3) is 0 Å². The van der Waals surface area contributed by atoms with Crippen molar-refractivity contribution in [2.75, 3.05) is 13.2 Å². The van der Waals surface area contributed by atoms with Gasteiger partial charge in [0.05, 0.1) is 0 Å². The topological polar surface area (TPSA) is 78.9 Å². The summed E-state index contributed by atoms with van der Waals surface area (Å²) >= 11 is 0. The molecule has 1 atom stereocenters. The van der Waals surface area contributed by atoms with Crippen LogP contribution in [0.15, 0.2) is 24.3 Å². The molecule has 0 bridgehead atoms. The van der Waals surface area contributed by atoms with Gasteiger partial charge in [0, 0.05) is 19.3 Å². The Morgan fingerprint density at radius 3 is 0.884 bits per heavy atom. The van der Waals surface area contributed by atoms with E-state index in [-0.39, 0.29) is 37.5 Å². The Labute approximate surface area is 430 Å². The van der Waals surface area contributed by atoms with Crippen LogP contribution in [-0.2, 0) is 28.6 Å². The molecule has 6 heteroatoms. The molecule has 0 N–H and O–H groups in total. The molecule has 0 fully saturated rings. The van der Waals surface area contributed by atoms with E-state index in [0.29, 0.717) is 19.3 Å². The molecule has 0 amide bonds. The van der Waals surface area contributed by atoms with Gasteiger partial charge in [-0.05, 0) is 38.5 Å². The molecule has 0 aromatic heterocycles. The van der Waals surface area contributed by atoms with Gasteiger partial charge in [0.1, 0.15) is 13.2 Å². The first-order valence-corrected chi connectivity index (χ1v) is 30.8. The van der Waals surface area contributed by atoms with Crippen LogP contribution in [0.4, 0.5) is 0 Å². The van der Waals surface area contributed by atoms with Gasteiger partial charge in [-0.3, -0.25) is 14.4 Å². The van der Waals surface area contributed by atoms with E-state index < -0.39 is 6.10 Å². The van der Waals surface area contributed by atoms with Crippen molar-refractivity contribution in [3.63, 3.8) is 0 Å². The van der Waals surface area contributed by atoms with Gasteiger partial charge >= 0.3 is 17.9 Å². The first-order chi connectivity index (χ1) is 34.0. The summed E-state index contributed by atoms with van der Waals surface area (Å²) in [5.74, 6) is -0.928. The van der Waals surface area contributed by atoms with Crippen LogP contribution in [0, 0.1) is 0 Å². The summed E-state index contributed by atoms with van der Waals surface area (Å²) in [7, 11) is 0. The maximum atomic E-state index is 12.9. The third kappa shape index (κ3) is 56.7. The zero-order valence-corrected chi connectivity index (χ0v) is 46.6. The van der Waals surface area contributed by atoms with Gasteiger partial charge < -0.3 is 14.2 Å². The third-order valence-electron chi connectivity index (χ3n) is 14.0. The van der Waals surface area contributed by atoms with Crippen LogP contribution in [0.5, 0.6) is 0 Å². The fourth-order valence-corrected chi connectivity index (χ4v) is 9.32. The maximum absolute atomic E-state index is 12.9. The second-order valence-corrected chi connectivity index (χ2v) is 21.0. The average Bonchev–Trinajstić information content (AvgIpc) is 3.35. The molecule has 0 saturated carbocycles. The molecule has 0 aromatic carbocycles. The second-order valence-electron chi connectivity index (χ2n) is 21.0. The van der Waals surface area contributed by atoms with Gasteiger partial charge in [0.2, 0.25) is 0 Å². The maximum Gasteiger partial charge on any atom is 0.306 e. The lowest BCUT2D eigenvalue weighted by atomic mass is 10.0. The van der Waals surface area contributed by atoms with E-state index in [4.69, 9.17) is 14.2 Å². The van der Waals surface area contributed by atoms with E-state index in [0.717, 1.165) is 51.4 Å². The van der Waals surface area contributed by atoms with Crippen LogP contribution in [0.25, 0.3) is 0 Å². The number of carbonyl (C=O) groups is 3. The van der Waals surface area contributed by atoms with Crippen LogP contribution >= 0.6 is 0 Å². The summed E-state index contributed by atoms with van der Waals surface area (Å²) in [4.78, 5) is 38.2. The normalized spacial score (nSPS) is 12.1. The number of unbranched alkanes of at least 4 members (excludes halogenated alkanes) is 42. The standard InChI is InChI=1S/C63H118O6/c1-4-7-10-13-16-19-22-25-27-29-31-33-35-38-41-44-47-50-53-56-62(65)68-59-60(58-67-61(64)55-52-49-46-43-40-37-24-21-18-15-12-9-6-3)69-63(66)57-54-51-48-45-42-39-36-34-32-30-28-26-23-20-17-14-11-8-5-2/h37,40,46,49,60H,4-36,38-39,41-45,47-48,50-59H2,1-3H3/b40-37+,49-46+. The lowest BCUT2D eigenvalue weighted by Gasteiger charge is -2.18. The van der Waals surface area contributed by atoms with Crippen molar-refractivity contribution < 1.29 is 28.6 Å². The number of hydrogen-bond donors (Lipinski definition) is 0. The number of allylic oxidation sites excluding steroid dienone is 4. The highest BCUT2D eigenvalue weighted by Gasteiger charge is 2.19. The fourth-order valence-electron chi connectivity index (χ4n) is 9.32. The van der Waals surface area contributed by atoms with Crippen molar-refractivity contribution in [1.29, 1.82) is 0 Å². The SMILES string of the molecule is CCCCCCCC/C=C/C/C=C/CCC(=O)OCC(COC(=O)CCCCCCCCCCCCCCCCCCCCC)OC(=O)CCCCCCCCCCCCCCCCCCCCC. The van der Waals surface area contributed by atoms with E-state index in [9.17, 15) is 14.4 Å². The van der Waals surface area contributed by atoms with Gasteiger partial charge in [-0.1, -0.05) is 308 Å². The van der Waals surface area contributed by atoms with Crippen molar-refractivity contribution in [2.45, 2.75) is 348 Å². The molecular weight excluding hydrogens is 853 g/mol. The van der Waals surface area contributed by atoms with Gasteiger partial charge in [-0.15, -0.1) is 0 Å². The molecule has 0 spiro atoms. The first-order valence-electron chi connectivity index (χ1n) is 30.8. The summed E-state index contributed by atoms with van der Waals surface area (Å²) < 4.78 is 16.9. The zero-order valence-electron chi connectivity index (χ0n) is 46.6. The van der Waals surface area contributed by atoms with Gasteiger partial charge in [-0.2, -0.15) is 0 Å². The minimum Gasteiger partial charge on any atom is -0.462 e. The number of esters is 3. The molecule has 0 aliphatic rings. The van der Waals surface area contributed by atoms with Crippen LogP contribution < -0.4 is 0 Å². The summed E-state index contributed by atoms with van der Waals surface area (Å²) in [6.45, 7) is 6.65. The molecule has 0 aromatic rings. The summed E-state index contributed by atoms with van der Waals surface area (Å²) in [5.41, 5.74) is 0. The van der Waals surface area contributed by atoms with Crippen molar-refractivity contribution >= 4 is 17.9 Å². The van der Waals surface area contributed by atoms with E-state index in [2.05, 4.69) is 39.0 Å². The average molecular weight is 972 g/mol. The predicted octanol–water partition coefficient (Wildman–Crippen LogP) is 20.7. The minimum atomic E-state index is -0.789. The summed E-state index contributed by atoms with van der Waals surface area (Å²) in [5, 5.41) is 0.